The molecule has 78 valence electrons. The van der Waals surface area contributed by atoms with Crippen LogP contribution in [0.1, 0.15) is 26.3 Å². The molecule has 0 saturated carbocycles. The van der Waals surface area contributed by atoms with Crippen molar-refractivity contribution in [2.24, 2.45) is 0 Å². The number of halogens is 1. The molecule has 0 aliphatic carbocycles. The van der Waals surface area contributed by atoms with Gasteiger partial charge in [0.25, 0.3) is 0 Å². The molecule has 1 aromatic carbocycles. The maximum absolute atomic E-state index is 13.7. The van der Waals surface area contributed by atoms with E-state index in [1.165, 1.54) is 6.07 Å². The summed E-state index contributed by atoms with van der Waals surface area (Å²) < 4.78 is 13.7. The van der Waals surface area contributed by atoms with Gasteiger partial charge < -0.3 is 0 Å². The van der Waals surface area contributed by atoms with Crippen molar-refractivity contribution in [1.82, 2.24) is 9.97 Å². The summed E-state index contributed by atoms with van der Waals surface area (Å²) in [7, 11) is 0. The van der Waals surface area contributed by atoms with Crippen molar-refractivity contribution in [3.63, 3.8) is 0 Å². The number of aromatic nitrogens is 2. The number of fused-ring (bicyclic) bond motifs is 1. The highest BCUT2D eigenvalue weighted by Crippen LogP contribution is 2.30. The van der Waals surface area contributed by atoms with Crippen molar-refractivity contribution >= 4 is 11.0 Å². The summed E-state index contributed by atoms with van der Waals surface area (Å²) in [6.07, 6.45) is 3.21. The van der Waals surface area contributed by atoms with Crippen molar-refractivity contribution < 1.29 is 4.39 Å². The quantitative estimate of drug-likeness (QED) is 0.659. The molecular weight excluding hydrogens is 191 g/mol. The number of nitrogens with zero attached hydrogens (tertiary/aromatic N) is 2. The minimum absolute atomic E-state index is 0.212. The van der Waals surface area contributed by atoms with Crippen LogP contribution in [0.25, 0.3) is 11.0 Å². The summed E-state index contributed by atoms with van der Waals surface area (Å²) >= 11 is 0. The molecule has 15 heavy (non-hydrogen) atoms. The van der Waals surface area contributed by atoms with Gasteiger partial charge in [0.05, 0.1) is 11.0 Å². The number of benzene rings is 1. The van der Waals surface area contributed by atoms with Crippen LogP contribution in [0.15, 0.2) is 24.5 Å². The van der Waals surface area contributed by atoms with E-state index in [4.69, 9.17) is 0 Å². The van der Waals surface area contributed by atoms with E-state index >= 15 is 0 Å². The van der Waals surface area contributed by atoms with Crippen LogP contribution in [0.2, 0.25) is 0 Å². The molecule has 1 aromatic heterocycles. The molecule has 0 fully saturated rings. The Kier molecular flexibility index (Phi) is 2.18. The van der Waals surface area contributed by atoms with E-state index in [1.54, 1.807) is 18.5 Å². The summed E-state index contributed by atoms with van der Waals surface area (Å²) in [6, 6.07) is 3.12. The molecule has 2 aromatic rings. The average molecular weight is 204 g/mol. The van der Waals surface area contributed by atoms with Gasteiger partial charge >= 0.3 is 0 Å². The molecule has 0 unspecified atom stereocenters. The van der Waals surface area contributed by atoms with E-state index in [2.05, 4.69) is 9.97 Å². The molecule has 0 aliphatic heterocycles. The second kappa shape index (κ2) is 3.26. The van der Waals surface area contributed by atoms with Crippen LogP contribution in [0.3, 0.4) is 0 Å². The topological polar surface area (TPSA) is 25.8 Å². The Balaban J connectivity index is 2.86. The average Bonchev–Trinajstić information content (AvgIpc) is 2.15. The van der Waals surface area contributed by atoms with Crippen LogP contribution in [0, 0.1) is 5.82 Å². The van der Waals surface area contributed by atoms with Crippen LogP contribution in [0.4, 0.5) is 4.39 Å². The Morgan fingerprint density at radius 1 is 1.07 bits per heavy atom. The van der Waals surface area contributed by atoms with Crippen molar-refractivity contribution in [2.75, 3.05) is 0 Å². The number of hydrogen-bond donors (Lipinski definition) is 0. The molecule has 0 amide bonds. The molecule has 1 heterocycles. The highest BCUT2D eigenvalue weighted by atomic mass is 19.1. The Bertz CT molecular complexity index is 500. The SMILES string of the molecule is CC(C)(C)c1c(F)ccc2nccnc12. The van der Waals surface area contributed by atoms with Crippen molar-refractivity contribution in [3.8, 4) is 0 Å². The summed E-state index contributed by atoms with van der Waals surface area (Å²) in [5, 5.41) is 0. The van der Waals surface area contributed by atoms with Crippen LogP contribution in [-0.2, 0) is 5.41 Å². The Morgan fingerprint density at radius 3 is 2.40 bits per heavy atom. The molecule has 0 bridgehead atoms. The van der Waals surface area contributed by atoms with Gasteiger partial charge in [-0.3, -0.25) is 9.97 Å². The van der Waals surface area contributed by atoms with E-state index in [0.29, 0.717) is 11.1 Å². The summed E-state index contributed by atoms with van der Waals surface area (Å²) in [6.45, 7) is 5.92. The zero-order valence-electron chi connectivity index (χ0n) is 9.08. The Hall–Kier alpha value is -1.51. The van der Waals surface area contributed by atoms with Gasteiger partial charge in [0.1, 0.15) is 5.82 Å². The lowest BCUT2D eigenvalue weighted by Gasteiger charge is -2.20. The van der Waals surface area contributed by atoms with E-state index in [9.17, 15) is 4.39 Å². The Labute approximate surface area is 88.2 Å². The molecule has 0 N–H and O–H groups in total. The second-order valence-corrected chi connectivity index (χ2v) is 4.60. The van der Waals surface area contributed by atoms with E-state index in [1.807, 2.05) is 20.8 Å². The van der Waals surface area contributed by atoms with Crippen LogP contribution >= 0.6 is 0 Å². The predicted molar refractivity (Wildman–Crippen MR) is 58.2 cm³/mol. The minimum atomic E-state index is -0.264. The summed E-state index contributed by atoms with van der Waals surface area (Å²) in [4.78, 5) is 8.37. The maximum Gasteiger partial charge on any atom is 0.129 e. The van der Waals surface area contributed by atoms with Crippen LogP contribution in [0.5, 0.6) is 0 Å². The standard InChI is InChI=1S/C12H13FN2/c1-12(2,3)10-8(13)4-5-9-11(10)15-7-6-14-9/h4-7H,1-3H3. The first-order valence-electron chi connectivity index (χ1n) is 4.90. The smallest absolute Gasteiger partial charge is 0.129 e. The van der Waals surface area contributed by atoms with Gasteiger partial charge in [-0.1, -0.05) is 20.8 Å². The van der Waals surface area contributed by atoms with E-state index in [-0.39, 0.29) is 11.2 Å². The zero-order valence-corrected chi connectivity index (χ0v) is 9.08. The van der Waals surface area contributed by atoms with Gasteiger partial charge in [-0.25, -0.2) is 4.39 Å². The molecule has 3 heteroatoms. The highest BCUT2D eigenvalue weighted by Gasteiger charge is 2.22. The van der Waals surface area contributed by atoms with Gasteiger partial charge in [-0.15, -0.1) is 0 Å². The molecule has 0 aliphatic rings. The molecule has 0 atom stereocenters. The molecule has 2 rings (SSSR count). The lowest BCUT2D eigenvalue weighted by molar-refractivity contribution is 0.527. The van der Waals surface area contributed by atoms with Gasteiger partial charge in [0.2, 0.25) is 0 Å². The lowest BCUT2D eigenvalue weighted by Crippen LogP contribution is -2.15. The van der Waals surface area contributed by atoms with E-state index < -0.39 is 0 Å². The van der Waals surface area contributed by atoms with Crippen molar-refractivity contribution in [1.29, 1.82) is 0 Å². The van der Waals surface area contributed by atoms with Gasteiger partial charge in [0.15, 0.2) is 0 Å². The largest absolute Gasteiger partial charge is 0.253 e. The number of hydrogen-bond acceptors (Lipinski definition) is 2. The third kappa shape index (κ3) is 1.69. The zero-order chi connectivity index (χ0) is 11.1. The predicted octanol–water partition coefficient (Wildman–Crippen LogP) is 3.07. The molecule has 0 radical (unpaired) electrons. The second-order valence-electron chi connectivity index (χ2n) is 4.60. The van der Waals surface area contributed by atoms with Crippen molar-refractivity contribution in [3.05, 3.63) is 35.9 Å². The minimum Gasteiger partial charge on any atom is -0.253 e. The normalized spacial score (nSPS) is 12.0. The number of rotatable bonds is 0. The first-order chi connectivity index (χ1) is 7.00. The van der Waals surface area contributed by atoms with Crippen molar-refractivity contribution in [2.45, 2.75) is 26.2 Å². The third-order valence-corrected chi connectivity index (χ3v) is 2.34. The third-order valence-electron chi connectivity index (χ3n) is 2.34. The van der Waals surface area contributed by atoms with Crippen LogP contribution < -0.4 is 0 Å². The van der Waals surface area contributed by atoms with Crippen LogP contribution in [-0.4, -0.2) is 9.97 Å². The maximum atomic E-state index is 13.7. The fourth-order valence-electron chi connectivity index (χ4n) is 1.73. The van der Waals surface area contributed by atoms with Gasteiger partial charge in [0, 0.05) is 18.0 Å². The van der Waals surface area contributed by atoms with Gasteiger partial charge in [-0.2, -0.15) is 0 Å². The van der Waals surface area contributed by atoms with Gasteiger partial charge in [-0.05, 0) is 17.5 Å². The first-order valence-corrected chi connectivity index (χ1v) is 4.90. The Morgan fingerprint density at radius 2 is 1.73 bits per heavy atom. The highest BCUT2D eigenvalue weighted by molar-refractivity contribution is 5.78. The molecule has 2 nitrogen and oxygen atoms in total. The lowest BCUT2D eigenvalue weighted by atomic mass is 9.85. The molecule has 0 spiro atoms. The summed E-state index contributed by atoms with van der Waals surface area (Å²) in [5.41, 5.74) is 1.77. The fraction of sp³-hybridized carbons (Fsp3) is 0.333. The summed E-state index contributed by atoms with van der Waals surface area (Å²) in [5.74, 6) is -0.212. The first kappa shape index (κ1) is 10.0. The molecule has 0 saturated heterocycles. The monoisotopic (exact) mass is 204 g/mol. The van der Waals surface area contributed by atoms with E-state index in [0.717, 1.165) is 5.52 Å². The molecular formula is C12H13FN2. The fourth-order valence-corrected chi connectivity index (χ4v) is 1.73.